The highest BCUT2D eigenvalue weighted by atomic mass is 79.9. The van der Waals surface area contributed by atoms with Crippen LogP contribution in [0.3, 0.4) is 0 Å². The maximum atomic E-state index is 14.4. The van der Waals surface area contributed by atoms with Crippen LogP contribution in [0.15, 0.2) is 43.0 Å². The van der Waals surface area contributed by atoms with E-state index in [9.17, 15) is 19.5 Å². The van der Waals surface area contributed by atoms with Crippen molar-refractivity contribution in [1.29, 1.82) is 0 Å². The van der Waals surface area contributed by atoms with Crippen molar-refractivity contribution in [3.05, 3.63) is 48.6 Å². The monoisotopic (exact) mass is 562 g/mol. The first-order valence-electron chi connectivity index (χ1n) is 12.6. The highest BCUT2D eigenvalue weighted by Crippen LogP contribution is 2.61. The molecule has 1 spiro atoms. The van der Waals surface area contributed by atoms with Gasteiger partial charge in [-0.25, -0.2) is 0 Å². The Balaban J connectivity index is 1.80. The molecule has 0 aromatic heterocycles. The van der Waals surface area contributed by atoms with E-state index in [1.54, 1.807) is 17.9 Å². The van der Waals surface area contributed by atoms with E-state index in [1.165, 1.54) is 4.90 Å². The number of carbonyl (C=O) groups is 3. The zero-order valence-electron chi connectivity index (χ0n) is 21.0. The third-order valence-electron chi connectivity index (χ3n) is 7.71. The van der Waals surface area contributed by atoms with Crippen molar-refractivity contribution in [3.8, 4) is 0 Å². The van der Waals surface area contributed by atoms with Crippen molar-refractivity contribution < 1.29 is 29.0 Å². The van der Waals surface area contributed by atoms with Crippen molar-refractivity contribution in [2.45, 2.75) is 62.4 Å². The lowest BCUT2D eigenvalue weighted by Gasteiger charge is -2.40. The van der Waals surface area contributed by atoms with Gasteiger partial charge in [0, 0.05) is 17.9 Å². The lowest BCUT2D eigenvalue weighted by Crippen LogP contribution is -2.59. The molecule has 8 nitrogen and oxygen atoms in total. The number of carbonyl (C=O) groups excluding carboxylic acids is 3. The Hall–Kier alpha value is -2.23. The molecule has 7 atom stereocenters. The number of benzene rings is 1. The summed E-state index contributed by atoms with van der Waals surface area (Å²) < 4.78 is 11.8. The quantitative estimate of drug-likeness (QED) is 0.267. The smallest absolute Gasteiger partial charge is 0.312 e. The normalized spacial score (nSPS) is 31.4. The largest absolute Gasteiger partial charge is 0.466 e. The molecule has 2 bridgehead atoms. The van der Waals surface area contributed by atoms with E-state index in [-0.39, 0.29) is 42.3 Å². The topological polar surface area (TPSA) is 96.4 Å². The Labute approximate surface area is 220 Å². The Morgan fingerprint density at radius 1 is 1.36 bits per heavy atom. The number of likely N-dealkylation sites (tertiary alicyclic amines) is 1. The predicted molar refractivity (Wildman–Crippen MR) is 137 cm³/mol. The molecule has 3 fully saturated rings. The summed E-state index contributed by atoms with van der Waals surface area (Å²) in [6.45, 7) is 9.85. The number of halogens is 1. The van der Waals surface area contributed by atoms with Gasteiger partial charge in [-0.05, 0) is 24.8 Å². The van der Waals surface area contributed by atoms with Crippen LogP contribution in [0.4, 0.5) is 0 Å². The first-order chi connectivity index (χ1) is 17.2. The summed E-state index contributed by atoms with van der Waals surface area (Å²) >= 11 is 3.65. The minimum Gasteiger partial charge on any atom is -0.466 e. The molecular formula is C27H35BrN2O6. The zero-order chi connectivity index (χ0) is 26.2. The summed E-state index contributed by atoms with van der Waals surface area (Å²) in [5, 5.41) is 10.3. The number of hydrogen-bond acceptors (Lipinski definition) is 6. The van der Waals surface area contributed by atoms with Gasteiger partial charge in [-0.1, -0.05) is 66.2 Å². The maximum Gasteiger partial charge on any atom is 0.312 e. The van der Waals surface area contributed by atoms with E-state index >= 15 is 0 Å². The molecule has 3 aliphatic rings. The van der Waals surface area contributed by atoms with Crippen LogP contribution in [0.5, 0.6) is 0 Å². The van der Waals surface area contributed by atoms with Gasteiger partial charge in [0.25, 0.3) is 0 Å². The molecule has 0 radical (unpaired) electrons. The summed E-state index contributed by atoms with van der Waals surface area (Å²) in [4.78, 5) is 44.4. The first-order valence-corrected chi connectivity index (χ1v) is 13.5. The number of rotatable bonds is 10. The van der Waals surface area contributed by atoms with E-state index in [1.807, 2.05) is 44.2 Å². The maximum absolute atomic E-state index is 14.4. The van der Waals surface area contributed by atoms with Crippen molar-refractivity contribution in [3.63, 3.8) is 0 Å². The molecule has 9 heteroatoms. The van der Waals surface area contributed by atoms with E-state index in [0.29, 0.717) is 13.0 Å². The molecular weight excluding hydrogens is 528 g/mol. The van der Waals surface area contributed by atoms with Crippen molar-refractivity contribution in [2.75, 3.05) is 19.8 Å². The molecule has 1 unspecified atom stereocenters. The van der Waals surface area contributed by atoms with Crippen LogP contribution >= 0.6 is 15.9 Å². The van der Waals surface area contributed by atoms with E-state index in [2.05, 4.69) is 22.5 Å². The third kappa shape index (κ3) is 4.29. The Morgan fingerprint density at radius 2 is 2.06 bits per heavy atom. The lowest BCUT2D eigenvalue weighted by atomic mass is 9.70. The fraction of sp³-hybridized carbons (Fsp3) is 0.593. The Kier molecular flexibility index (Phi) is 7.92. The molecule has 3 aliphatic heterocycles. The van der Waals surface area contributed by atoms with Gasteiger partial charge in [-0.3, -0.25) is 14.4 Å². The number of nitrogens with zero attached hydrogens (tertiary/aromatic N) is 2. The number of alkyl halides is 1. The molecule has 0 saturated carbocycles. The molecule has 36 heavy (non-hydrogen) atoms. The van der Waals surface area contributed by atoms with Crippen molar-refractivity contribution >= 4 is 33.7 Å². The summed E-state index contributed by atoms with van der Waals surface area (Å²) in [5.41, 5.74) is -0.248. The number of hydrogen-bond donors (Lipinski definition) is 1. The fourth-order valence-electron chi connectivity index (χ4n) is 6.20. The van der Waals surface area contributed by atoms with Gasteiger partial charge in [0.2, 0.25) is 11.8 Å². The highest BCUT2D eigenvalue weighted by Gasteiger charge is 2.77. The summed E-state index contributed by atoms with van der Waals surface area (Å²) in [5.74, 6) is -2.89. The molecule has 1 aromatic carbocycles. The van der Waals surface area contributed by atoms with Gasteiger partial charge in [0.05, 0.1) is 37.2 Å². The van der Waals surface area contributed by atoms with Crippen LogP contribution < -0.4 is 0 Å². The average Bonchev–Trinajstić information content (AvgIpc) is 3.43. The van der Waals surface area contributed by atoms with Crippen LogP contribution in [0, 0.1) is 17.8 Å². The second-order valence-electron chi connectivity index (χ2n) is 10.1. The molecule has 2 amide bonds. The van der Waals surface area contributed by atoms with E-state index in [0.717, 1.165) is 5.56 Å². The third-order valence-corrected chi connectivity index (χ3v) is 8.56. The second-order valence-corrected chi connectivity index (χ2v) is 11.3. The Morgan fingerprint density at radius 3 is 2.64 bits per heavy atom. The molecule has 0 aliphatic carbocycles. The summed E-state index contributed by atoms with van der Waals surface area (Å²) in [6, 6.07) is 8.03. The van der Waals surface area contributed by atoms with Crippen LogP contribution in [0.25, 0.3) is 0 Å². The minimum absolute atomic E-state index is 0.121. The molecule has 4 rings (SSSR count). The molecule has 1 N–H and O–H groups in total. The number of esters is 1. The minimum atomic E-state index is -1.19. The fourth-order valence-corrected chi connectivity index (χ4v) is 7.14. The van der Waals surface area contributed by atoms with Gasteiger partial charge in [-0.15, -0.1) is 6.58 Å². The van der Waals surface area contributed by atoms with Crippen LogP contribution in [-0.2, 0) is 30.4 Å². The van der Waals surface area contributed by atoms with Gasteiger partial charge >= 0.3 is 5.97 Å². The number of amides is 2. The zero-order valence-corrected chi connectivity index (χ0v) is 22.6. The molecule has 3 heterocycles. The SMILES string of the molecule is C=CCN(Cc1ccccc1)C(=O)[C@H]1N([C@@H](CO)C(C)C)C(=O)[C@@H]2[C@@H](C(=O)OCC)[C@@H]3O[C@@]21CC3Br. The Bertz CT molecular complexity index is 1000. The van der Waals surface area contributed by atoms with Gasteiger partial charge < -0.3 is 24.4 Å². The molecule has 1 aromatic rings. The van der Waals surface area contributed by atoms with Crippen LogP contribution in [0.2, 0.25) is 0 Å². The number of aliphatic hydroxyl groups is 1. The summed E-state index contributed by atoms with van der Waals surface area (Å²) in [6.07, 6.45) is 1.49. The molecule has 3 saturated heterocycles. The van der Waals surface area contributed by atoms with Crippen molar-refractivity contribution in [1.82, 2.24) is 9.80 Å². The second kappa shape index (κ2) is 10.6. The first kappa shape index (κ1) is 26.8. The highest BCUT2D eigenvalue weighted by molar-refractivity contribution is 9.09. The number of fused-ring (bicyclic) bond motifs is 1. The van der Waals surface area contributed by atoms with Gasteiger partial charge in [0.1, 0.15) is 11.6 Å². The van der Waals surface area contributed by atoms with Crippen LogP contribution in [0.1, 0.15) is 32.8 Å². The molecule has 196 valence electrons. The average molecular weight is 563 g/mol. The lowest BCUT2D eigenvalue weighted by molar-refractivity contribution is -0.156. The standard InChI is InChI=1S/C27H35BrN2O6/c1-5-12-29(14-17-10-8-7-9-11-17)25(33)23-27-13-18(28)22(36-27)20(26(34)35-6-2)21(27)24(32)30(23)19(15-31)16(3)4/h5,7-11,16,18-23,31H,1,6,12-15H2,2-4H3/t18?,19-,20+,21-,22+,23+,27-/m0/s1. The van der Waals surface area contributed by atoms with Crippen molar-refractivity contribution in [2.24, 2.45) is 17.8 Å². The van der Waals surface area contributed by atoms with Gasteiger partial charge in [0.15, 0.2) is 0 Å². The number of aliphatic hydroxyl groups excluding tert-OH is 1. The number of ether oxygens (including phenoxy) is 2. The summed E-state index contributed by atoms with van der Waals surface area (Å²) in [7, 11) is 0. The van der Waals surface area contributed by atoms with E-state index in [4.69, 9.17) is 9.47 Å². The van der Waals surface area contributed by atoms with Gasteiger partial charge in [-0.2, -0.15) is 0 Å². The van der Waals surface area contributed by atoms with Crippen LogP contribution in [-0.4, -0.2) is 81.1 Å². The van der Waals surface area contributed by atoms with E-state index < -0.39 is 41.6 Å². The predicted octanol–water partition coefficient (Wildman–Crippen LogP) is 2.53.